The van der Waals surface area contributed by atoms with Gasteiger partial charge in [-0.2, -0.15) is 0 Å². The van der Waals surface area contributed by atoms with Crippen molar-refractivity contribution in [1.82, 2.24) is 19.8 Å². The summed E-state index contributed by atoms with van der Waals surface area (Å²) in [6, 6.07) is 0.734. The van der Waals surface area contributed by atoms with Crippen LogP contribution in [0.2, 0.25) is 0 Å². The molecule has 2 heterocycles. The van der Waals surface area contributed by atoms with Gasteiger partial charge in [0.1, 0.15) is 5.82 Å². The van der Waals surface area contributed by atoms with Gasteiger partial charge in [-0.3, -0.25) is 4.90 Å². The smallest absolute Gasteiger partial charge is 0.109 e. The molecular formula is C17H28N4. The minimum Gasteiger partial charge on any atom is -0.338 e. The lowest BCUT2D eigenvalue weighted by molar-refractivity contribution is 0.0310. The molecule has 3 aliphatic rings. The third-order valence-corrected chi connectivity index (χ3v) is 6.04. The largest absolute Gasteiger partial charge is 0.338 e. The molecule has 2 saturated carbocycles. The first-order valence-corrected chi connectivity index (χ1v) is 8.61. The number of aromatic nitrogens is 2. The SMILES string of the molecule is Cn1ccnc1CCN1CC(C2CC2)NCC1(C)C1CC1. The van der Waals surface area contributed by atoms with Crippen LogP contribution in [0.15, 0.2) is 12.4 Å². The normalized spacial score (nSPS) is 34.3. The standard InChI is InChI=1S/C17H28N4/c1-17(14-5-6-14)12-19-15(13-3-4-13)11-21(17)9-7-16-18-8-10-20(16)2/h8,10,13-15,19H,3-7,9,11-12H2,1-2H3. The van der Waals surface area contributed by atoms with E-state index in [2.05, 4.69) is 39.9 Å². The summed E-state index contributed by atoms with van der Waals surface area (Å²) in [5, 5.41) is 3.87. The van der Waals surface area contributed by atoms with Crippen LogP contribution in [0.25, 0.3) is 0 Å². The van der Waals surface area contributed by atoms with E-state index in [-0.39, 0.29) is 0 Å². The van der Waals surface area contributed by atoms with Crippen molar-refractivity contribution in [2.24, 2.45) is 18.9 Å². The molecule has 1 N–H and O–H groups in total. The quantitative estimate of drug-likeness (QED) is 0.897. The van der Waals surface area contributed by atoms with Crippen LogP contribution >= 0.6 is 0 Å². The molecule has 4 heteroatoms. The minimum atomic E-state index is 0.372. The second kappa shape index (κ2) is 5.10. The van der Waals surface area contributed by atoms with Crippen LogP contribution in [0.5, 0.6) is 0 Å². The Hall–Kier alpha value is -0.870. The van der Waals surface area contributed by atoms with Crippen molar-refractivity contribution < 1.29 is 0 Å². The van der Waals surface area contributed by atoms with Crippen LogP contribution in [-0.2, 0) is 13.5 Å². The number of nitrogens with one attached hydrogen (secondary N) is 1. The molecule has 2 unspecified atom stereocenters. The van der Waals surface area contributed by atoms with Crippen molar-refractivity contribution in [2.45, 2.75) is 50.6 Å². The van der Waals surface area contributed by atoms with Crippen LogP contribution in [-0.4, -0.2) is 45.7 Å². The summed E-state index contributed by atoms with van der Waals surface area (Å²) in [7, 11) is 2.10. The van der Waals surface area contributed by atoms with Gasteiger partial charge in [-0.1, -0.05) is 0 Å². The summed E-state index contributed by atoms with van der Waals surface area (Å²) in [6.07, 6.45) is 10.8. The number of imidazole rings is 1. The van der Waals surface area contributed by atoms with Crippen molar-refractivity contribution in [2.75, 3.05) is 19.6 Å². The Morgan fingerprint density at radius 1 is 1.33 bits per heavy atom. The van der Waals surface area contributed by atoms with Crippen molar-refractivity contribution in [3.63, 3.8) is 0 Å². The average molecular weight is 288 g/mol. The second-order valence-corrected chi connectivity index (χ2v) is 7.61. The Morgan fingerprint density at radius 3 is 2.76 bits per heavy atom. The molecule has 0 amide bonds. The van der Waals surface area contributed by atoms with Crippen LogP contribution in [0.1, 0.15) is 38.4 Å². The van der Waals surface area contributed by atoms with E-state index in [1.807, 2.05) is 6.20 Å². The summed E-state index contributed by atoms with van der Waals surface area (Å²) >= 11 is 0. The monoisotopic (exact) mass is 288 g/mol. The van der Waals surface area contributed by atoms with E-state index < -0.39 is 0 Å². The maximum atomic E-state index is 4.50. The van der Waals surface area contributed by atoms with E-state index in [1.165, 1.54) is 44.6 Å². The fraction of sp³-hybridized carbons (Fsp3) is 0.824. The van der Waals surface area contributed by atoms with Crippen molar-refractivity contribution >= 4 is 0 Å². The molecule has 4 rings (SSSR count). The lowest BCUT2D eigenvalue weighted by atomic mass is 9.88. The third kappa shape index (κ3) is 2.64. The lowest BCUT2D eigenvalue weighted by Gasteiger charge is -2.49. The first-order valence-electron chi connectivity index (χ1n) is 8.61. The highest BCUT2D eigenvalue weighted by atomic mass is 15.3. The van der Waals surface area contributed by atoms with Gasteiger partial charge in [0.2, 0.25) is 0 Å². The van der Waals surface area contributed by atoms with Crippen molar-refractivity contribution in [1.29, 1.82) is 0 Å². The summed E-state index contributed by atoms with van der Waals surface area (Å²) in [5.41, 5.74) is 0.372. The fourth-order valence-electron chi connectivity index (χ4n) is 4.10. The first-order chi connectivity index (χ1) is 10.2. The summed E-state index contributed by atoms with van der Waals surface area (Å²) < 4.78 is 2.16. The summed E-state index contributed by atoms with van der Waals surface area (Å²) in [6.45, 7) is 6.06. The van der Waals surface area contributed by atoms with Gasteiger partial charge in [0, 0.05) is 57.1 Å². The number of piperazine rings is 1. The molecule has 1 saturated heterocycles. The minimum absolute atomic E-state index is 0.372. The first kappa shape index (κ1) is 13.8. The van der Waals surface area contributed by atoms with Crippen molar-refractivity contribution in [3.05, 3.63) is 18.2 Å². The van der Waals surface area contributed by atoms with Crippen LogP contribution in [0.4, 0.5) is 0 Å². The second-order valence-electron chi connectivity index (χ2n) is 7.61. The summed E-state index contributed by atoms with van der Waals surface area (Å²) in [4.78, 5) is 7.29. The molecule has 1 aromatic heterocycles. The van der Waals surface area contributed by atoms with E-state index in [0.717, 1.165) is 30.8 Å². The topological polar surface area (TPSA) is 33.1 Å². The van der Waals surface area contributed by atoms with Gasteiger partial charge in [0.25, 0.3) is 0 Å². The maximum Gasteiger partial charge on any atom is 0.109 e. The Kier molecular flexibility index (Phi) is 3.34. The van der Waals surface area contributed by atoms with Crippen LogP contribution in [0, 0.1) is 11.8 Å². The average Bonchev–Trinajstić information content (AvgIpc) is 3.37. The van der Waals surface area contributed by atoms with Gasteiger partial charge < -0.3 is 9.88 Å². The number of rotatable bonds is 5. The van der Waals surface area contributed by atoms with E-state index in [0.29, 0.717) is 5.54 Å². The zero-order valence-corrected chi connectivity index (χ0v) is 13.4. The molecule has 4 nitrogen and oxygen atoms in total. The molecule has 2 atom stereocenters. The molecule has 2 aliphatic carbocycles. The number of nitrogens with zero attached hydrogens (tertiary/aromatic N) is 3. The highest BCUT2D eigenvalue weighted by molar-refractivity contribution is 5.07. The Labute approximate surface area is 127 Å². The Morgan fingerprint density at radius 2 is 2.14 bits per heavy atom. The number of aryl methyl sites for hydroxylation is 1. The fourth-order valence-corrected chi connectivity index (χ4v) is 4.10. The molecule has 116 valence electrons. The van der Waals surface area contributed by atoms with Gasteiger partial charge in [-0.05, 0) is 44.4 Å². The third-order valence-electron chi connectivity index (χ3n) is 6.04. The lowest BCUT2D eigenvalue weighted by Crippen LogP contribution is -2.65. The van der Waals surface area contributed by atoms with E-state index in [9.17, 15) is 0 Å². The molecule has 1 aromatic rings. The maximum absolute atomic E-state index is 4.50. The van der Waals surface area contributed by atoms with Crippen LogP contribution in [0.3, 0.4) is 0 Å². The molecule has 21 heavy (non-hydrogen) atoms. The zero-order valence-electron chi connectivity index (χ0n) is 13.4. The van der Waals surface area contributed by atoms with E-state index in [1.54, 1.807) is 0 Å². The molecule has 0 spiro atoms. The van der Waals surface area contributed by atoms with Gasteiger partial charge >= 0.3 is 0 Å². The molecular weight excluding hydrogens is 260 g/mol. The molecule has 0 aromatic carbocycles. The van der Waals surface area contributed by atoms with E-state index in [4.69, 9.17) is 0 Å². The molecule has 0 radical (unpaired) electrons. The van der Waals surface area contributed by atoms with Gasteiger partial charge in [-0.15, -0.1) is 0 Å². The Bertz CT molecular complexity index is 503. The highest BCUT2D eigenvalue weighted by Gasteiger charge is 2.49. The van der Waals surface area contributed by atoms with Gasteiger partial charge in [0.15, 0.2) is 0 Å². The number of hydrogen-bond donors (Lipinski definition) is 1. The zero-order chi connectivity index (χ0) is 14.4. The molecule has 1 aliphatic heterocycles. The van der Waals surface area contributed by atoms with Gasteiger partial charge in [0.05, 0.1) is 0 Å². The van der Waals surface area contributed by atoms with Crippen LogP contribution < -0.4 is 5.32 Å². The Balaban J connectivity index is 1.46. The number of hydrogen-bond acceptors (Lipinski definition) is 3. The molecule has 3 fully saturated rings. The van der Waals surface area contributed by atoms with E-state index >= 15 is 0 Å². The predicted molar refractivity (Wildman–Crippen MR) is 84.1 cm³/mol. The predicted octanol–water partition coefficient (Wildman–Crippen LogP) is 1.82. The highest BCUT2D eigenvalue weighted by Crippen LogP contribution is 2.45. The van der Waals surface area contributed by atoms with Crippen molar-refractivity contribution in [3.8, 4) is 0 Å². The molecule has 0 bridgehead atoms. The summed E-state index contributed by atoms with van der Waals surface area (Å²) in [5.74, 6) is 3.07. The van der Waals surface area contributed by atoms with Gasteiger partial charge in [-0.25, -0.2) is 4.98 Å².